The van der Waals surface area contributed by atoms with Crippen LogP contribution < -0.4 is 9.88 Å². The Balaban J connectivity index is 2.45. The fourth-order valence-corrected chi connectivity index (χ4v) is 3.02. The summed E-state index contributed by atoms with van der Waals surface area (Å²) in [4.78, 5) is 10.2. The van der Waals surface area contributed by atoms with E-state index in [1.54, 1.807) is 0 Å². The first kappa shape index (κ1) is 15.5. The van der Waals surface area contributed by atoms with Gasteiger partial charge in [-0.3, -0.25) is 10.1 Å². The lowest BCUT2D eigenvalue weighted by atomic mass is 10.1. The predicted molar refractivity (Wildman–Crippen MR) is 76.6 cm³/mol. The van der Waals surface area contributed by atoms with Crippen molar-refractivity contribution in [3.8, 4) is 5.75 Å². The summed E-state index contributed by atoms with van der Waals surface area (Å²) in [7, 11) is -4.01. The van der Waals surface area contributed by atoms with Gasteiger partial charge in [0.15, 0.2) is 5.75 Å². The van der Waals surface area contributed by atoms with Crippen LogP contribution in [0.2, 0.25) is 0 Å². The van der Waals surface area contributed by atoms with Crippen molar-refractivity contribution < 1.29 is 18.1 Å². The molecule has 0 spiro atoms. The Morgan fingerprint density at radius 2 is 2.14 bits per heavy atom. The minimum absolute atomic E-state index is 0.0569. The Kier molecular flexibility index (Phi) is 4.29. The molecule has 0 fully saturated rings. The third kappa shape index (κ3) is 3.59. The molecule has 0 bridgehead atoms. The average molecular weight is 312 g/mol. The van der Waals surface area contributed by atoms with Crippen molar-refractivity contribution in [3.05, 3.63) is 40.0 Å². The van der Waals surface area contributed by atoms with Crippen LogP contribution in [0.5, 0.6) is 5.75 Å². The summed E-state index contributed by atoms with van der Waals surface area (Å²) in [6.45, 7) is 1.52. The molecule has 0 aliphatic heterocycles. The van der Waals surface area contributed by atoms with Crippen molar-refractivity contribution in [2.75, 3.05) is 0 Å². The summed E-state index contributed by atoms with van der Waals surface area (Å²) in [5, 5.41) is 16.2. The number of nitro benzene ring substituents is 1. The molecule has 0 radical (unpaired) electrons. The lowest BCUT2D eigenvalue weighted by molar-refractivity contribution is -0.386. The number of aryl methyl sites for hydroxylation is 1. The maximum Gasteiger partial charge on any atom is 0.312 e. The SMILES string of the molecule is Cc1cc(OC2C=CCCC2)c([N+](=O)[O-])cc1S(N)(=O)=O. The zero-order valence-corrected chi connectivity index (χ0v) is 12.3. The standard InChI is InChI=1S/C13H16N2O5S/c1-9-7-12(20-10-5-3-2-4-6-10)11(15(16)17)8-13(9)21(14,18)19/h3,5,7-8,10H,2,4,6H2,1H3,(H2,14,18,19). The molecule has 1 aromatic carbocycles. The second kappa shape index (κ2) is 5.82. The number of allylic oxidation sites excluding steroid dienone is 1. The van der Waals surface area contributed by atoms with Crippen LogP contribution >= 0.6 is 0 Å². The summed E-state index contributed by atoms with van der Waals surface area (Å²) < 4.78 is 28.5. The van der Waals surface area contributed by atoms with Crippen molar-refractivity contribution in [3.63, 3.8) is 0 Å². The van der Waals surface area contributed by atoms with E-state index in [9.17, 15) is 18.5 Å². The number of primary sulfonamides is 1. The second-order valence-electron chi connectivity index (χ2n) is 4.90. The molecule has 1 aliphatic rings. The van der Waals surface area contributed by atoms with E-state index in [2.05, 4.69) is 0 Å². The molecule has 1 atom stereocenters. The zero-order valence-electron chi connectivity index (χ0n) is 11.5. The van der Waals surface area contributed by atoms with E-state index in [-0.39, 0.29) is 16.7 Å². The first-order valence-corrected chi connectivity index (χ1v) is 7.99. The molecule has 2 rings (SSSR count). The van der Waals surface area contributed by atoms with Gasteiger partial charge in [-0.25, -0.2) is 13.6 Å². The van der Waals surface area contributed by atoms with E-state index in [0.29, 0.717) is 5.56 Å². The van der Waals surface area contributed by atoms with Crippen molar-refractivity contribution in [1.29, 1.82) is 0 Å². The van der Waals surface area contributed by atoms with E-state index >= 15 is 0 Å². The van der Waals surface area contributed by atoms with Crippen molar-refractivity contribution >= 4 is 15.7 Å². The highest BCUT2D eigenvalue weighted by atomic mass is 32.2. The van der Waals surface area contributed by atoms with Crippen LogP contribution in [0.15, 0.2) is 29.2 Å². The highest BCUT2D eigenvalue weighted by Crippen LogP contribution is 2.33. The normalized spacial score (nSPS) is 18.5. The molecular weight excluding hydrogens is 296 g/mol. The molecule has 0 heterocycles. The zero-order chi connectivity index (χ0) is 15.6. The van der Waals surface area contributed by atoms with Gasteiger partial charge in [-0.1, -0.05) is 6.08 Å². The van der Waals surface area contributed by atoms with Crippen LogP contribution in [0.25, 0.3) is 0 Å². The Hall–Kier alpha value is -1.93. The highest BCUT2D eigenvalue weighted by molar-refractivity contribution is 7.89. The van der Waals surface area contributed by atoms with Gasteiger partial charge in [0, 0.05) is 6.07 Å². The fourth-order valence-electron chi connectivity index (χ4n) is 2.24. The maximum absolute atomic E-state index is 11.4. The van der Waals surface area contributed by atoms with Crippen LogP contribution in [0.4, 0.5) is 5.69 Å². The Labute approximate surface area is 122 Å². The molecule has 21 heavy (non-hydrogen) atoms. The Morgan fingerprint density at radius 1 is 1.43 bits per heavy atom. The van der Waals surface area contributed by atoms with Crippen molar-refractivity contribution in [1.82, 2.24) is 0 Å². The first-order chi connectivity index (χ1) is 9.79. The van der Waals surface area contributed by atoms with Crippen LogP contribution in [0, 0.1) is 17.0 Å². The van der Waals surface area contributed by atoms with E-state index in [0.717, 1.165) is 25.3 Å². The van der Waals surface area contributed by atoms with Crippen LogP contribution in [-0.2, 0) is 10.0 Å². The van der Waals surface area contributed by atoms with E-state index < -0.39 is 20.6 Å². The largest absolute Gasteiger partial charge is 0.479 e. The van der Waals surface area contributed by atoms with Gasteiger partial charge in [-0.2, -0.15) is 0 Å². The van der Waals surface area contributed by atoms with Gasteiger partial charge in [0.2, 0.25) is 10.0 Å². The Morgan fingerprint density at radius 3 is 2.67 bits per heavy atom. The molecule has 114 valence electrons. The van der Waals surface area contributed by atoms with Gasteiger partial charge in [0.25, 0.3) is 0 Å². The number of nitro groups is 1. The first-order valence-electron chi connectivity index (χ1n) is 6.44. The minimum atomic E-state index is -4.01. The smallest absolute Gasteiger partial charge is 0.312 e. The lowest BCUT2D eigenvalue weighted by Crippen LogP contribution is -2.18. The predicted octanol–water partition coefficient (Wildman–Crippen LogP) is 2.04. The number of hydrogen-bond donors (Lipinski definition) is 1. The summed E-state index contributed by atoms with van der Waals surface area (Å²) in [6.07, 6.45) is 6.26. The number of rotatable bonds is 4. The number of benzene rings is 1. The van der Waals surface area contributed by atoms with E-state index in [1.807, 2.05) is 12.2 Å². The molecular formula is C13H16N2O5S. The van der Waals surface area contributed by atoms with Crippen LogP contribution in [-0.4, -0.2) is 19.4 Å². The van der Waals surface area contributed by atoms with Crippen molar-refractivity contribution in [2.45, 2.75) is 37.2 Å². The topological polar surface area (TPSA) is 113 Å². The van der Waals surface area contributed by atoms with Crippen LogP contribution in [0.3, 0.4) is 0 Å². The third-order valence-electron chi connectivity index (χ3n) is 3.25. The molecule has 8 heteroatoms. The molecule has 1 aromatic rings. The number of sulfonamides is 1. The Bertz CT molecular complexity index is 697. The maximum atomic E-state index is 11.4. The summed E-state index contributed by atoms with van der Waals surface area (Å²) in [5.74, 6) is 0.0569. The number of ether oxygens (including phenoxy) is 1. The molecule has 0 saturated heterocycles. The van der Waals surface area contributed by atoms with Gasteiger partial charge in [-0.05, 0) is 43.9 Å². The van der Waals surface area contributed by atoms with Gasteiger partial charge in [0.1, 0.15) is 6.10 Å². The van der Waals surface area contributed by atoms with E-state index in [4.69, 9.17) is 9.88 Å². The quantitative estimate of drug-likeness (QED) is 0.519. The molecule has 2 N–H and O–H groups in total. The van der Waals surface area contributed by atoms with Crippen molar-refractivity contribution in [2.24, 2.45) is 5.14 Å². The van der Waals surface area contributed by atoms with Gasteiger partial charge < -0.3 is 4.74 Å². The molecule has 1 unspecified atom stereocenters. The lowest BCUT2D eigenvalue weighted by Gasteiger charge is -2.19. The third-order valence-corrected chi connectivity index (χ3v) is 4.30. The number of nitrogens with zero attached hydrogens (tertiary/aromatic N) is 1. The summed E-state index contributed by atoms with van der Waals surface area (Å²) in [6, 6.07) is 2.30. The molecule has 0 amide bonds. The second-order valence-corrected chi connectivity index (χ2v) is 6.43. The van der Waals surface area contributed by atoms with Gasteiger partial charge >= 0.3 is 5.69 Å². The summed E-state index contributed by atoms with van der Waals surface area (Å²) >= 11 is 0. The van der Waals surface area contributed by atoms with Gasteiger partial charge in [-0.15, -0.1) is 0 Å². The van der Waals surface area contributed by atoms with Gasteiger partial charge in [0.05, 0.1) is 9.82 Å². The number of nitrogens with two attached hydrogens (primary N) is 1. The number of hydrogen-bond acceptors (Lipinski definition) is 5. The molecule has 1 aliphatic carbocycles. The molecule has 0 aromatic heterocycles. The fraction of sp³-hybridized carbons (Fsp3) is 0.385. The van der Waals surface area contributed by atoms with Crippen LogP contribution in [0.1, 0.15) is 24.8 Å². The highest BCUT2D eigenvalue weighted by Gasteiger charge is 2.24. The molecule has 7 nitrogen and oxygen atoms in total. The molecule has 0 saturated carbocycles. The average Bonchev–Trinajstić information content (AvgIpc) is 2.38. The monoisotopic (exact) mass is 312 g/mol. The van der Waals surface area contributed by atoms with E-state index in [1.165, 1.54) is 13.0 Å². The minimum Gasteiger partial charge on any atom is -0.479 e. The summed E-state index contributed by atoms with van der Waals surface area (Å²) in [5.41, 5.74) is -0.0820.